The van der Waals surface area contributed by atoms with Crippen LogP contribution in [0.5, 0.6) is 0 Å². The van der Waals surface area contributed by atoms with Crippen molar-refractivity contribution in [2.45, 2.75) is 25.4 Å². The van der Waals surface area contributed by atoms with E-state index in [-0.39, 0.29) is 11.6 Å². The van der Waals surface area contributed by atoms with Gasteiger partial charge in [-0.2, -0.15) is 0 Å². The third-order valence-corrected chi connectivity index (χ3v) is 3.37. The lowest BCUT2D eigenvalue weighted by atomic mass is 10.0. The molecule has 1 nitrogen and oxygen atoms in total. The van der Waals surface area contributed by atoms with E-state index < -0.39 is 0 Å². The number of rotatable bonds is 4. The number of hydrogen-bond donors (Lipinski definition) is 1. The molecule has 0 aliphatic heterocycles. The summed E-state index contributed by atoms with van der Waals surface area (Å²) in [5.74, 6) is -0.549. The summed E-state index contributed by atoms with van der Waals surface area (Å²) < 4.78 is 27.1. The van der Waals surface area contributed by atoms with Gasteiger partial charge < -0.3 is 5.32 Å². The average Bonchev–Trinajstić information content (AvgIpc) is 3.21. The molecule has 0 spiro atoms. The van der Waals surface area contributed by atoms with E-state index in [2.05, 4.69) is 5.32 Å². The number of hydrogen-bond acceptors (Lipinski definition) is 1. The fraction of sp³-hybridized carbons (Fsp3) is 0.250. The molecule has 0 saturated heterocycles. The Bertz CT molecular complexity index is 591. The van der Waals surface area contributed by atoms with E-state index in [1.807, 2.05) is 6.07 Å². The van der Waals surface area contributed by atoms with Gasteiger partial charge in [0.05, 0.1) is 0 Å². The zero-order chi connectivity index (χ0) is 13.2. The van der Waals surface area contributed by atoms with Gasteiger partial charge in [0.2, 0.25) is 0 Å². The van der Waals surface area contributed by atoms with Gasteiger partial charge in [-0.05, 0) is 42.2 Å². The molecule has 1 saturated carbocycles. The van der Waals surface area contributed by atoms with Crippen LogP contribution in [0.3, 0.4) is 0 Å². The van der Waals surface area contributed by atoms with Crippen LogP contribution in [0.2, 0.25) is 0 Å². The van der Waals surface area contributed by atoms with Crippen molar-refractivity contribution in [3.05, 3.63) is 59.7 Å². The maximum Gasteiger partial charge on any atom is 0.128 e. The molecule has 1 aliphatic carbocycles. The standard InChI is InChI=1S/C16H15F2N/c17-14-3-1-2-11(8-14)12-4-5-13(16(18)9-12)10-19-15-6-7-15/h1-5,8-9,15,19H,6-7,10H2. The predicted octanol–water partition coefficient (Wildman–Crippen LogP) is 3.88. The van der Waals surface area contributed by atoms with Gasteiger partial charge in [-0.15, -0.1) is 0 Å². The monoisotopic (exact) mass is 259 g/mol. The van der Waals surface area contributed by atoms with Gasteiger partial charge in [-0.25, -0.2) is 8.78 Å². The Morgan fingerprint density at radius 3 is 2.47 bits per heavy atom. The SMILES string of the molecule is Fc1cccc(-c2ccc(CNC3CC3)c(F)c2)c1. The topological polar surface area (TPSA) is 12.0 Å². The molecule has 0 aromatic heterocycles. The molecule has 3 rings (SSSR count). The zero-order valence-corrected chi connectivity index (χ0v) is 10.5. The van der Waals surface area contributed by atoms with Gasteiger partial charge in [-0.3, -0.25) is 0 Å². The van der Waals surface area contributed by atoms with Crippen LogP contribution < -0.4 is 5.32 Å². The summed E-state index contributed by atoms with van der Waals surface area (Å²) in [6.07, 6.45) is 2.37. The fourth-order valence-corrected chi connectivity index (χ4v) is 2.08. The van der Waals surface area contributed by atoms with Crippen LogP contribution in [0.1, 0.15) is 18.4 Å². The maximum absolute atomic E-state index is 14.0. The molecule has 2 aromatic rings. The van der Waals surface area contributed by atoms with E-state index in [9.17, 15) is 8.78 Å². The van der Waals surface area contributed by atoms with E-state index in [0.29, 0.717) is 29.3 Å². The highest BCUT2D eigenvalue weighted by atomic mass is 19.1. The van der Waals surface area contributed by atoms with Crippen molar-refractivity contribution in [3.63, 3.8) is 0 Å². The molecular formula is C16H15F2N. The number of benzene rings is 2. The Labute approximate surface area is 111 Å². The first-order chi connectivity index (χ1) is 9.22. The van der Waals surface area contributed by atoms with Gasteiger partial charge in [-0.1, -0.05) is 24.3 Å². The molecule has 1 fully saturated rings. The molecule has 0 amide bonds. The molecule has 0 atom stereocenters. The summed E-state index contributed by atoms with van der Waals surface area (Å²) in [4.78, 5) is 0. The van der Waals surface area contributed by atoms with Crippen LogP contribution in [0.4, 0.5) is 8.78 Å². The van der Waals surface area contributed by atoms with Crippen LogP contribution in [0.15, 0.2) is 42.5 Å². The van der Waals surface area contributed by atoms with Crippen molar-refractivity contribution in [3.8, 4) is 11.1 Å². The van der Waals surface area contributed by atoms with E-state index in [1.54, 1.807) is 18.2 Å². The predicted molar refractivity (Wildman–Crippen MR) is 71.7 cm³/mol. The van der Waals surface area contributed by atoms with Crippen LogP contribution in [0, 0.1) is 11.6 Å². The van der Waals surface area contributed by atoms with Crippen LogP contribution in [-0.4, -0.2) is 6.04 Å². The van der Waals surface area contributed by atoms with Crippen molar-refractivity contribution < 1.29 is 8.78 Å². The van der Waals surface area contributed by atoms with Crippen molar-refractivity contribution in [1.82, 2.24) is 5.32 Å². The molecule has 98 valence electrons. The molecule has 0 radical (unpaired) electrons. The number of halogens is 2. The number of nitrogens with one attached hydrogen (secondary N) is 1. The van der Waals surface area contributed by atoms with Crippen LogP contribution in [-0.2, 0) is 6.54 Å². The summed E-state index contributed by atoms with van der Waals surface area (Å²) in [6.45, 7) is 0.555. The highest BCUT2D eigenvalue weighted by molar-refractivity contribution is 5.63. The summed E-state index contributed by atoms with van der Waals surface area (Å²) in [5, 5.41) is 3.28. The molecule has 0 unspecified atom stereocenters. The van der Waals surface area contributed by atoms with Crippen LogP contribution >= 0.6 is 0 Å². The highest BCUT2D eigenvalue weighted by Crippen LogP contribution is 2.24. The molecule has 1 aliphatic rings. The molecule has 2 aromatic carbocycles. The molecule has 19 heavy (non-hydrogen) atoms. The second-order valence-electron chi connectivity index (χ2n) is 4.97. The normalized spacial score (nSPS) is 14.6. The Morgan fingerprint density at radius 2 is 1.79 bits per heavy atom. The van der Waals surface area contributed by atoms with Crippen molar-refractivity contribution in [2.24, 2.45) is 0 Å². The van der Waals surface area contributed by atoms with Gasteiger partial charge in [0.15, 0.2) is 0 Å². The summed E-state index contributed by atoms with van der Waals surface area (Å²) in [7, 11) is 0. The van der Waals surface area contributed by atoms with Gasteiger partial charge in [0, 0.05) is 18.2 Å². The quantitative estimate of drug-likeness (QED) is 0.878. The maximum atomic E-state index is 14.0. The molecular weight excluding hydrogens is 244 g/mol. The fourth-order valence-electron chi connectivity index (χ4n) is 2.08. The Balaban J connectivity index is 1.81. The van der Waals surface area contributed by atoms with Crippen molar-refractivity contribution >= 4 is 0 Å². The third kappa shape index (κ3) is 2.99. The lowest BCUT2D eigenvalue weighted by Gasteiger charge is -2.07. The Morgan fingerprint density at radius 1 is 1.00 bits per heavy atom. The second-order valence-corrected chi connectivity index (χ2v) is 4.97. The summed E-state index contributed by atoms with van der Waals surface area (Å²) in [6, 6.07) is 11.8. The van der Waals surface area contributed by atoms with Gasteiger partial charge >= 0.3 is 0 Å². The van der Waals surface area contributed by atoms with Crippen molar-refractivity contribution in [1.29, 1.82) is 0 Å². The van der Waals surface area contributed by atoms with Gasteiger partial charge in [0.25, 0.3) is 0 Å². The largest absolute Gasteiger partial charge is 0.310 e. The first-order valence-electron chi connectivity index (χ1n) is 6.50. The third-order valence-electron chi connectivity index (χ3n) is 3.37. The second kappa shape index (κ2) is 5.10. The Hall–Kier alpha value is -1.74. The summed E-state index contributed by atoms with van der Waals surface area (Å²) >= 11 is 0. The minimum absolute atomic E-state index is 0.241. The molecule has 1 N–H and O–H groups in total. The van der Waals surface area contributed by atoms with E-state index in [0.717, 1.165) is 0 Å². The molecule has 3 heteroatoms. The van der Waals surface area contributed by atoms with Crippen LogP contribution in [0.25, 0.3) is 11.1 Å². The molecule has 0 heterocycles. The molecule has 0 bridgehead atoms. The van der Waals surface area contributed by atoms with E-state index in [1.165, 1.54) is 31.0 Å². The van der Waals surface area contributed by atoms with Gasteiger partial charge in [0.1, 0.15) is 11.6 Å². The highest BCUT2D eigenvalue weighted by Gasteiger charge is 2.20. The summed E-state index contributed by atoms with van der Waals surface area (Å²) in [5.41, 5.74) is 2.06. The lowest BCUT2D eigenvalue weighted by Crippen LogP contribution is -2.16. The van der Waals surface area contributed by atoms with E-state index in [4.69, 9.17) is 0 Å². The minimum atomic E-state index is -0.308. The first kappa shape index (κ1) is 12.3. The van der Waals surface area contributed by atoms with E-state index >= 15 is 0 Å². The van der Waals surface area contributed by atoms with Crippen molar-refractivity contribution in [2.75, 3.05) is 0 Å². The first-order valence-corrected chi connectivity index (χ1v) is 6.50. The average molecular weight is 259 g/mol. The zero-order valence-electron chi connectivity index (χ0n) is 10.5. The smallest absolute Gasteiger partial charge is 0.128 e. The minimum Gasteiger partial charge on any atom is -0.310 e. The Kier molecular flexibility index (Phi) is 3.30. The lowest BCUT2D eigenvalue weighted by molar-refractivity contribution is 0.587.